The van der Waals surface area contributed by atoms with Crippen molar-refractivity contribution in [2.75, 3.05) is 11.6 Å². The van der Waals surface area contributed by atoms with Crippen LogP contribution in [0.2, 0.25) is 0 Å². The Balaban J connectivity index is 2.23. The van der Waals surface area contributed by atoms with E-state index in [1.807, 2.05) is 12.3 Å². The normalized spacial score (nSPS) is 10.4. The number of thiophene rings is 1. The molecule has 0 saturated heterocycles. The van der Waals surface area contributed by atoms with E-state index in [4.69, 9.17) is 11.1 Å². The fraction of sp³-hybridized carbons (Fsp3) is 0.214. The van der Waals surface area contributed by atoms with Crippen LogP contribution in [-0.4, -0.2) is 12.1 Å². The highest BCUT2D eigenvalue weighted by molar-refractivity contribution is 8.00. The predicted octanol–water partition coefficient (Wildman–Crippen LogP) is 4.06. The van der Waals surface area contributed by atoms with E-state index in [9.17, 15) is 0 Å². The fourth-order valence-corrected chi connectivity index (χ4v) is 3.36. The molecule has 0 aliphatic rings. The van der Waals surface area contributed by atoms with Crippen LogP contribution in [0.3, 0.4) is 0 Å². The highest BCUT2D eigenvalue weighted by Crippen LogP contribution is 2.36. The van der Waals surface area contributed by atoms with Crippen LogP contribution >= 0.6 is 23.1 Å². The minimum Gasteiger partial charge on any atom is -0.383 e. The molecule has 0 fully saturated rings. The van der Waals surface area contributed by atoms with E-state index in [1.54, 1.807) is 23.1 Å². The van der Waals surface area contributed by atoms with E-state index >= 15 is 0 Å². The van der Waals surface area contributed by atoms with E-state index in [0.717, 1.165) is 26.9 Å². The maximum atomic E-state index is 7.50. The van der Waals surface area contributed by atoms with Crippen molar-refractivity contribution in [2.45, 2.75) is 17.6 Å². The molecule has 0 bridgehead atoms. The summed E-state index contributed by atoms with van der Waals surface area (Å²) in [6, 6.07) is 10.3. The number of amidine groups is 1. The van der Waals surface area contributed by atoms with Gasteiger partial charge in [-0.05, 0) is 36.4 Å². The van der Waals surface area contributed by atoms with Crippen LogP contribution in [0.5, 0.6) is 0 Å². The van der Waals surface area contributed by atoms with E-state index < -0.39 is 0 Å². The molecule has 0 saturated carbocycles. The predicted molar refractivity (Wildman–Crippen MR) is 86.2 cm³/mol. The molecule has 3 nitrogen and oxygen atoms in total. The van der Waals surface area contributed by atoms with E-state index in [1.165, 1.54) is 5.56 Å². The Morgan fingerprint density at radius 3 is 2.58 bits per heavy atom. The number of nitrogens with one attached hydrogen (secondary N) is 2. The van der Waals surface area contributed by atoms with Crippen molar-refractivity contribution in [1.29, 1.82) is 5.41 Å². The number of anilines is 2. The van der Waals surface area contributed by atoms with Gasteiger partial charge in [0.05, 0.1) is 14.8 Å². The van der Waals surface area contributed by atoms with Crippen LogP contribution in [0.4, 0.5) is 11.4 Å². The topological polar surface area (TPSA) is 61.9 Å². The van der Waals surface area contributed by atoms with Crippen LogP contribution in [0.1, 0.15) is 17.4 Å². The van der Waals surface area contributed by atoms with Gasteiger partial charge in [0.25, 0.3) is 0 Å². The first-order chi connectivity index (χ1) is 9.13. The molecule has 1 heterocycles. The largest absolute Gasteiger partial charge is 0.383 e. The van der Waals surface area contributed by atoms with Gasteiger partial charge < -0.3 is 11.1 Å². The highest BCUT2D eigenvalue weighted by atomic mass is 32.2. The highest BCUT2D eigenvalue weighted by Gasteiger charge is 2.10. The lowest BCUT2D eigenvalue weighted by Gasteiger charge is -2.06. The first-order valence-electron chi connectivity index (χ1n) is 6.02. The Kier molecular flexibility index (Phi) is 4.50. The first-order valence-corrected chi connectivity index (χ1v) is 8.06. The third kappa shape index (κ3) is 3.30. The quantitative estimate of drug-likeness (QED) is 0.442. The van der Waals surface area contributed by atoms with Crippen molar-refractivity contribution in [1.82, 2.24) is 0 Å². The number of nitrogen functional groups attached to an aromatic ring is 1. The van der Waals surface area contributed by atoms with Crippen LogP contribution < -0.4 is 11.1 Å². The van der Waals surface area contributed by atoms with Crippen molar-refractivity contribution in [2.24, 2.45) is 5.73 Å². The maximum absolute atomic E-state index is 7.50. The molecular weight excluding hydrogens is 274 g/mol. The van der Waals surface area contributed by atoms with Crippen LogP contribution in [-0.2, 0) is 6.42 Å². The van der Waals surface area contributed by atoms with Crippen LogP contribution in [0.25, 0.3) is 0 Å². The SMILES string of the molecule is CCc1ccc(Nc2cc(C(=N)N)sc2SC)cc1. The van der Waals surface area contributed by atoms with Gasteiger partial charge in [-0.25, -0.2) is 0 Å². The monoisotopic (exact) mass is 291 g/mol. The summed E-state index contributed by atoms with van der Waals surface area (Å²) in [5.41, 5.74) is 8.94. The molecule has 0 amide bonds. The van der Waals surface area contributed by atoms with Gasteiger partial charge in [0, 0.05) is 5.69 Å². The second-order valence-corrected chi connectivity index (χ2v) is 6.23. The lowest BCUT2D eigenvalue weighted by molar-refractivity contribution is 1.14. The molecule has 5 heteroatoms. The summed E-state index contributed by atoms with van der Waals surface area (Å²) in [7, 11) is 0. The Morgan fingerprint density at radius 2 is 2.05 bits per heavy atom. The average Bonchev–Trinajstić information content (AvgIpc) is 2.83. The fourth-order valence-electron chi connectivity index (χ4n) is 1.73. The van der Waals surface area contributed by atoms with Crippen molar-refractivity contribution >= 4 is 40.3 Å². The lowest BCUT2D eigenvalue weighted by atomic mass is 10.1. The standard InChI is InChI=1S/C14H17N3S2/c1-3-9-4-6-10(7-5-9)17-11-8-12(13(15)16)19-14(11)18-2/h4-8,17H,3H2,1-2H3,(H3,15,16). The Morgan fingerprint density at radius 1 is 1.37 bits per heavy atom. The average molecular weight is 291 g/mol. The second-order valence-electron chi connectivity index (χ2n) is 4.11. The van der Waals surface area contributed by atoms with E-state index in [-0.39, 0.29) is 5.84 Å². The number of thioether (sulfide) groups is 1. The Bertz CT molecular complexity index is 573. The van der Waals surface area contributed by atoms with Crippen molar-refractivity contribution in [3.8, 4) is 0 Å². The lowest BCUT2D eigenvalue weighted by Crippen LogP contribution is -2.08. The summed E-state index contributed by atoms with van der Waals surface area (Å²) in [5, 5.41) is 10.9. The zero-order valence-electron chi connectivity index (χ0n) is 11.0. The van der Waals surface area contributed by atoms with Crippen molar-refractivity contribution in [3.63, 3.8) is 0 Å². The summed E-state index contributed by atoms with van der Waals surface area (Å²) in [4.78, 5) is 0.803. The maximum Gasteiger partial charge on any atom is 0.133 e. The zero-order valence-corrected chi connectivity index (χ0v) is 12.6. The molecule has 0 aliphatic heterocycles. The Labute approximate surface area is 121 Å². The molecule has 0 aliphatic carbocycles. The number of rotatable bonds is 5. The summed E-state index contributed by atoms with van der Waals surface area (Å²) in [6.07, 6.45) is 3.07. The Hall–Kier alpha value is -1.46. The van der Waals surface area contributed by atoms with Gasteiger partial charge in [-0.3, -0.25) is 5.41 Å². The third-order valence-corrected chi connectivity index (χ3v) is 5.09. The van der Waals surface area contributed by atoms with Gasteiger partial charge in [-0.2, -0.15) is 0 Å². The molecular formula is C14H17N3S2. The summed E-state index contributed by atoms with van der Waals surface area (Å²) < 4.78 is 1.14. The number of benzene rings is 1. The molecule has 2 rings (SSSR count). The van der Waals surface area contributed by atoms with Gasteiger partial charge in [-0.15, -0.1) is 23.1 Å². The van der Waals surface area contributed by atoms with Crippen molar-refractivity contribution < 1.29 is 0 Å². The zero-order chi connectivity index (χ0) is 13.8. The second kappa shape index (κ2) is 6.12. The minimum atomic E-state index is 0.120. The third-order valence-electron chi connectivity index (χ3n) is 2.79. The van der Waals surface area contributed by atoms with E-state index in [2.05, 4.69) is 36.5 Å². The number of aryl methyl sites for hydroxylation is 1. The molecule has 2 aromatic rings. The van der Waals surface area contributed by atoms with Crippen LogP contribution in [0.15, 0.2) is 34.5 Å². The molecule has 0 atom stereocenters. The summed E-state index contributed by atoms with van der Waals surface area (Å²) in [5.74, 6) is 0.120. The molecule has 1 aromatic heterocycles. The molecule has 19 heavy (non-hydrogen) atoms. The van der Waals surface area contributed by atoms with E-state index in [0.29, 0.717) is 0 Å². The smallest absolute Gasteiger partial charge is 0.133 e. The molecule has 100 valence electrons. The number of nitrogens with two attached hydrogens (primary N) is 1. The minimum absolute atomic E-state index is 0.120. The van der Waals surface area contributed by atoms with Crippen LogP contribution in [0, 0.1) is 5.41 Å². The molecule has 4 N–H and O–H groups in total. The van der Waals surface area contributed by atoms with Gasteiger partial charge in [-0.1, -0.05) is 19.1 Å². The van der Waals surface area contributed by atoms with Gasteiger partial charge in [0.2, 0.25) is 0 Å². The van der Waals surface area contributed by atoms with Gasteiger partial charge >= 0.3 is 0 Å². The molecule has 0 radical (unpaired) electrons. The molecule has 0 unspecified atom stereocenters. The van der Waals surface area contributed by atoms with Gasteiger partial charge in [0.1, 0.15) is 5.84 Å². The summed E-state index contributed by atoms with van der Waals surface area (Å²) >= 11 is 3.21. The molecule has 1 aromatic carbocycles. The van der Waals surface area contributed by atoms with Gasteiger partial charge in [0.15, 0.2) is 0 Å². The first kappa shape index (κ1) is 14.0. The molecule has 0 spiro atoms. The summed E-state index contributed by atoms with van der Waals surface area (Å²) in [6.45, 7) is 2.15. The number of hydrogen-bond donors (Lipinski definition) is 3. The number of hydrogen-bond acceptors (Lipinski definition) is 4. The van der Waals surface area contributed by atoms with Crippen molar-refractivity contribution in [3.05, 3.63) is 40.8 Å².